The first-order valence-corrected chi connectivity index (χ1v) is 12.5. The number of fused-ring (bicyclic) bond motifs is 1. The summed E-state index contributed by atoms with van der Waals surface area (Å²) >= 11 is 0. The Morgan fingerprint density at radius 2 is 1.72 bits per heavy atom. The standard InChI is InChI=1S/C28H31FN2O5/c29-21-17-20(18-23(19-21)36-22-7-12-33-13-8-22)28(32)30-26-5-6-27(25-4-2-1-3-24(25)26)35-16-11-31-9-14-34-15-10-31/h1-6,17-19,22H,7-16H2,(H,30,32). The number of anilines is 1. The van der Waals surface area contributed by atoms with Gasteiger partial charge in [0.25, 0.3) is 5.91 Å². The van der Waals surface area contributed by atoms with E-state index in [1.165, 1.54) is 12.1 Å². The van der Waals surface area contributed by atoms with Gasteiger partial charge in [-0.05, 0) is 24.3 Å². The number of rotatable bonds is 8. The number of carbonyl (C=O) groups is 1. The first-order chi connectivity index (χ1) is 17.7. The van der Waals surface area contributed by atoms with E-state index in [2.05, 4.69) is 10.2 Å². The smallest absolute Gasteiger partial charge is 0.255 e. The molecule has 2 aliphatic heterocycles. The topological polar surface area (TPSA) is 69.3 Å². The van der Waals surface area contributed by atoms with Crippen LogP contribution in [0.15, 0.2) is 54.6 Å². The highest BCUT2D eigenvalue weighted by Crippen LogP contribution is 2.32. The quantitative estimate of drug-likeness (QED) is 0.497. The lowest BCUT2D eigenvalue weighted by Gasteiger charge is -2.26. The van der Waals surface area contributed by atoms with Crippen LogP contribution in [0.2, 0.25) is 0 Å². The van der Waals surface area contributed by atoms with Gasteiger partial charge in [-0.15, -0.1) is 0 Å². The molecule has 1 amide bonds. The summed E-state index contributed by atoms with van der Waals surface area (Å²) in [7, 11) is 0. The third-order valence-corrected chi connectivity index (χ3v) is 6.51. The van der Waals surface area contributed by atoms with Gasteiger partial charge in [-0.2, -0.15) is 0 Å². The van der Waals surface area contributed by atoms with E-state index in [0.29, 0.717) is 31.3 Å². The third-order valence-electron chi connectivity index (χ3n) is 6.51. The van der Waals surface area contributed by atoms with E-state index in [-0.39, 0.29) is 11.7 Å². The lowest BCUT2D eigenvalue weighted by atomic mass is 10.1. The van der Waals surface area contributed by atoms with Crippen molar-refractivity contribution in [2.45, 2.75) is 18.9 Å². The Kier molecular flexibility index (Phi) is 7.95. The molecule has 0 bridgehead atoms. The van der Waals surface area contributed by atoms with E-state index in [1.807, 2.05) is 36.4 Å². The highest BCUT2D eigenvalue weighted by Gasteiger charge is 2.18. The molecular formula is C28H31FN2O5. The van der Waals surface area contributed by atoms with Crippen molar-refractivity contribution in [3.05, 3.63) is 66.0 Å². The van der Waals surface area contributed by atoms with Crippen LogP contribution in [0.4, 0.5) is 10.1 Å². The van der Waals surface area contributed by atoms with E-state index < -0.39 is 11.7 Å². The number of morpholine rings is 1. The van der Waals surface area contributed by atoms with E-state index in [4.69, 9.17) is 18.9 Å². The second-order valence-electron chi connectivity index (χ2n) is 9.02. The molecule has 5 rings (SSSR count). The molecule has 0 atom stereocenters. The number of benzene rings is 3. The van der Waals surface area contributed by atoms with Gasteiger partial charge >= 0.3 is 0 Å². The number of amides is 1. The van der Waals surface area contributed by atoms with E-state index in [1.54, 1.807) is 6.07 Å². The van der Waals surface area contributed by atoms with Crippen molar-refractivity contribution in [3.63, 3.8) is 0 Å². The summed E-state index contributed by atoms with van der Waals surface area (Å²) in [5, 5.41) is 4.69. The van der Waals surface area contributed by atoms with Gasteiger partial charge in [0.2, 0.25) is 0 Å². The minimum atomic E-state index is -0.515. The summed E-state index contributed by atoms with van der Waals surface area (Å²) in [5.74, 6) is 0.187. The molecule has 2 saturated heterocycles. The molecule has 0 unspecified atom stereocenters. The van der Waals surface area contributed by atoms with Crippen molar-refractivity contribution in [1.82, 2.24) is 4.90 Å². The molecule has 0 spiro atoms. The Morgan fingerprint density at radius 1 is 0.972 bits per heavy atom. The van der Waals surface area contributed by atoms with E-state index in [0.717, 1.165) is 62.2 Å². The molecule has 190 valence electrons. The van der Waals surface area contributed by atoms with Gasteiger partial charge in [0.05, 0.1) is 26.4 Å². The second kappa shape index (κ2) is 11.7. The maximum Gasteiger partial charge on any atom is 0.255 e. The molecule has 0 aromatic heterocycles. The SMILES string of the molecule is O=C(Nc1ccc(OCCN2CCOCC2)c2ccccc12)c1cc(F)cc(OC2CCOCC2)c1. The molecule has 8 heteroatoms. The number of halogens is 1. The predicted molar refractivity (Wildman–Crippen MR) is 136 cm³/mol. The van der Waals surface area contributed by atoms with Crippen LogP contribution in [0.5, 0.6) is 11.5 Å². The highest BCUT2D eigenvalue weighted by atomic mass is 19.1. The summed E-state index contributed by atoms with van der Waals surface area (Å²) in [5.41, 5.74) is 0.833. The number of hydrogen-bond acceptors (Lipinski definition) is 6. The average molecular weight is 495 g/mol. The maximum atomic E-state index is 14.3. The average Bonchev–Trinajstić information content (AvgIpc) is 2.90. The highest BCUT2D eigenvalue weighted by molar-refractivity contribution is 6.10. The predicted octanol–water partition coefficient (Wildman–Crippen LogP) is 4.50. The molecule has 3 aromatic rings. The summed E-state index contributed by atoms with van der Waals surface area (Å²) in [6.07, 6.45) is 1.44. The molecule has 2 fully saturated rings. The van der Waals surface area contributed by atoms with Crippen LogP contribution in [0, 0.1) is 5.82 Å². The fourth-order valence-electron chi connectivity index (χ4n) is 4.56. The lowest BCUT2D eigenvalue weighted by Crippen LogP contribution is -2.38. The molecule has 36 heavy (non-hydrogen) atoms. The lowest BCUT2D eigenvalue weighted by molar-refractivity contribution is 0.0254. The first kappa shape index (κ1) is 24.5. The van der Waals surface area contributed by atoms with Crippen molar-refractivity contribution in [2.75, 3.05) is 58.0 Å². The van der Waals surface area contributed by atoms with Gasteiger partial charge in [-0.25, -0.2) is 4.39 Å². The minimum Gasteiger partial charge on any atom is -0.492 e. The summed E-state index contributed by atoms with van der Waals surface area (Å²) in [6, 6.07) is 15.6. The van der Waals surface area contributed by atoms with E-state index >= 15 is 0 Å². The summed E-state index contributed by atoms with van der Waals surface area (Å²) in [6.45, 7) is 5.97. The Labute approximate surface area is 210 Å². The summed E-state index contributed by atoms with van der Waals surface area (Å²) in [4.78, 5) is 15.4. The molecule has 0 aliphatic carbocycles. The second-order valence-corrected chi connectivity index (χ2v) is 9.02. The van der Waals surface area contributed by atoms with Crippen LogP contribution in [-0.4, -0.2) is 69.6 Å². The van der Waals surface area contributed by atoms with E-state index in [9.17, 15) is 9.18 Å². The monoisotopic (exact) mass is 494 g/mol. The largest absolute Gasteiger partial charge is 0.492 e. The van der Waals surface area contributed by atoms with Crippen LogP contribution in [0.1, 0.15) is 23.2 Å². The van der Waals surface area contributed by atoms with Gasteiger partial charge in [0.1, 0.15) is 30.0 Å². The fourth-order valence-corrected chi connectivity index (χ4v) is 4.56. The molecular weight excluding hydrogens is 463 g/mol. The molecule has 0 radical (unpaired) electrons. The van der Waals surface area contributed by atoms with Gasteiger partial charge in [0.15, 0.2) is 0 Å². The van der Waals surface area contributed by atoms with Crippen LogP contribution in [0.25, 0.3) is 10.8 Å². The Hall–Kier alpha value is -3.20. The zero-order valence-electron chi connectivity index (χ0n) is 20.2. The number of hydrogen-bond donors (Lipinski definition) is 1. The fraction of sp³-hybridized carbons (Fsp3) is 0.393. The maximum absolute atomic E-state index is 14.3. The summed E-state index contributed by atoms with van der Waals surface area (Å²) < 4.78 is 37.1. The normalized spacial score (nSPS) is 17.1. The van der Waals surface area contributed by atoms with Crippen molar-refractivity contribution >= 4 is 22.4 Å². The molecule has 1 N–H and O–H groups in total. The number of ether oxygens (including phenoxy) is 4. The number of nitrogens with one attached hydrogen (secondary N) is 1. The Bertz CT molecular complexity index is 1190. The molecule has 3 aromatic carbocycles. The number of carbonyl (C=O) groups excluding carboxylic acids is 1. The van der Waals surface area contributed by atoms with Gasteiger partial charge in [0, 0.05) is 60.6 Å². The molecule has 0 saturated carbocycles. The Balaban J connectivity index is 1.29. The zero-order valence-corrected chi connectivity index (χ0v) is 20.2. The van der Waals surface area contributed by atoms with Crippen LogP contribution >= 0.6 is 0 Å². The first-order valence-electron chi connectivity index (χ1n) is 12.5. The Morgan fingerprint density at radius 3 is 2.53 bits per heavy atom. The molecule has 7 nitrogen and oxygen atoms in total. The van der Waals surface area contributed by atoms with Crippen molar-refractivity contribution in [2.24, 2.45) is 0 Å². The third kappa shape index (κ3) is 6.13. The minimum absolute atomic E-state index is 0.0452. The van der Waals surface area contributed by atoms with Crippen molar-refractivity contribution < 1.29 is 28.1 Å². The molecule has 2 heterocycles. The van der Waals surface area contributed by atoms with Crippen LogP contribution < -0.4 is 14.8 Å². The molecule has 2 aliphatic rings. The van der Waals surface area contributed by atoms with Crippen molar-refractivity contribution in [3.8, 4) is 11.5 Å². The van der Waals surface area contributed by atoms with Crippen molar-refractivity contribution in [1.29, 1.82) is 0 Å². The number of nitrogens with zero attached hydrogens (tertiary/aromatic N) is 1. The van der Waals surface area contributed by atoms with Gasteiger partial charge < -0.3 is 24.3 Å². The van der Waals surface area contributed by atoms with Crippen LogP contribution in [-0.2, 0) is 9.47 Å². The zero-order chi connectivity index (χ0) is 24.7. The van der Waals surface area contributed by atoms with Gasteiger partial charge in [-0.3, -0.25) is 9.69 Å². The van der Waals surface area contributed by atoms with Gasteiger partial charge in [-0.1, -0.05) is 24.3 Å². The van der Waals surface area contributed by atoms with Crippen LogP contribution in [0.3, 0.4) is 0 Å².